The minimum atomic E-state index is 0.548. The van der Waals surface area contributed by atoms with E-state index < -0.39 is 0 Å². The fraction of sp³-hybridized carbons (Fsp3) is 0. The van der Waals surface area contributed by atoms with Crippen LogP contribution < -0.4 is 0 Å². The Morgan fingerprint density at radius 1 is 0.348 bits per heavy atom. The molecule has 0 spiro atoms. The maximum atomic E-state index is 9.79. The van der Waals surface area contributed by atoms with Crippen molar-refractivity contribution in [2.75, 3.05) is 0 Å². The van der Waals surface area contributed by atoms with Crippen molar-refractivity contribution >= 4 is 53.3 Å². The van der Waals surface area contributed by atoms with Gasteiger partial charge < -0.3 is 4.57 Å². The lowest BCUT2D eigenvalue weighted by Gasteiger charge is -2.16. The molecule has 0 atom stereocenters. The lowest BCUT2D eigenvalue weighted by Crippen LogP contribution is -2.04. The van der Waals surface area contributed by atoms with Crippen LogP contribution in [0.2, 0.25) is 0 Å². The zero-order chi connectivity index (χ0) is 44.1. The highest BCUT2D eigenvalue weighted by molar-refractivity contribution is 7.25. The molecule has 7 heteroatoms. The molecular weight excluding hydrogens is 825 g/mol. The molecule has 0 unspecified atom stereocenters. The Kier molecular flexibility index (Phi) is 9.35. The maximum Gasteiger partial charge on any atom is 0.166 e. The van der Waals surface area contributed by atoms with Crippen LogP contribution in [0.5, 0.6) is 0 Å². The Labute approximate surface area is 384 Å². The molecule has 0 amide bonds. The molecule has 0 bridgehead atoms. The second-order valence-corrected chi connectivity index (χ2v) is 17.3. The first-order valence-electron chi connectivity index (χ1n) is 21.6. The summed E-state index contributed by atoms with van der Waals surface area (Å²) < 4.78 is 4.81. The standard InChI is InChI=1S/C59H34N6S/c60-35-37-11-9-17-41(29-37)43-22-26-52-49(31-43)50-32-44(42-18-10-12-38(30-42)36-61)23-27-53(50)65(52)54-28-24-45(46-21-25-48-47-19-7-8-20-55(47)66-56(48)34-46)33-51(54)59-63-57(39-13-3-1-4-14-39)62-58(64-59)40-15-5-2-6-16-40/h1-34H. The predicted molar refractivity (Wildman–Crippen MR) is 269 cm³/mol. The maximum absolute atomic E-state index is 9.79. The molecule has 6 nitrogen and oxygen atoms in total. The monoisotopic (exact) mass is 858 g/mol. The summed E-state index contributed by atoms with van der Waals surface area (Å²) in [6.07, 6.45) is 0. The van der Waals surface area contributed by atoms with Crippen molar-refractivity contribution in [3.63, 3.8) is 0 Å². The van der Waals surface area contributed by atoms with Gasteiger partial charge in [-0.15, -0.1) is 11.3 Å². The second-order valence-electron chi connectivity index (χ2n) is 16.3. The number of benzene rings is 9. The lowest BCUT2D eigenvalue weighted by molar-refractivity contribution is 1.06. The summed E-state index contributed by atoms with van der Waals surface area (Å²) in [7, 11) is 0. The van der Waals surface area contributed by atoms with Crippen molar-refractivity contribution in [1.82, 2.24) is 19.5 Å². The largest absolute Gasteiger partial charge is 0.308 e. The topological polar surface area (TPSA) is 91.2 Å². The van der Waals surface area contributed by atoms with E-state index in [0.717, 1.165) is 77.6 Å². The predicted octanol–water partition coefficient (Wildman–Crippen LogP) is 15.1. The third-order valence-corrected chi connectivity index (χ3v) is 13.4. The number of rotatable bonds is 7. The van der Waals surface area contributed by atoms with E-state index in [2.05, 4.69) is 114 Å². The number of thiophene rings is 1. The normalized spacial score (nSPS) is 11.3. The van der Waals surface area contributed by atoms with Crippen LogP contribution >= 0.6 is 11.3 Å². The third kappa shape index (κ3) is 6.76. The van der Waals surface area contributed by atoms with Gasteiger partial charge in [-0.25, -0.2) is 15.0 Å². The number of hydrogen-bond acceptors (Lipinski definition) is 6. The van der Waals surface area contributed by atoms with Crippen molar-refractivity contribution < 1.29 is 0 Å². The molecule has 306 valence electrons. The molecule has 3 aromatic heterocycles. The van der Waals surface area contributed by atoms with Gasteiger partial charge in [-0.1, -0.05) is 133 Å². The van der Waals surface area contributed by atoms with Crippen molar-refractivity contribution in [2.45, 2.75) is 0 Å². The molecule has 0 N–H and O–H groups in total. The average molecular weight is 859 g/mol. The van der Waals surface area contributed by atoms with E-state index >= 15 is 0 Å². The van der Waals surface area contributed by atoms with Gasteiger partial charge in [0.1, 0.15) is 0 Å². The summed E-state index contributed by atoms with van der Waals surface area (Å²) in [5, 5.41) is 24.2. The van der Waals surface area contributed by atoms with Gasteiger partial charge in [-0.3, -0.25) is 0 Å². The van der Waals surface area contributed by atoms with Crippen LogP contribution in [0.25, 0.3) is 115 Å². The first-order valence-corrected chi connectivity index (χ1v) is 22.4. The van der Waals surface area contributed by atoms with Gasteiger partial charge in [-0.2, -0.15) is 10.5 Å². The zero-order valence-corrected chi connectivity index (χ0v) is 36.0. The molecule has 3 heterocycles. The van der Waals surface area contributed by atoms with E-state index in [-0.39, 0.29) is 0 Å². The molecular formula is C59H34N6S. The number of hydrogen-bond donors (Lipinski definition) is 0. The summed E-state index contributed by atoms with van der Waals surface area (Å²) in [6, 6.07) is 75.2. The van der Waals surface area contributed by atoms with Crippen LogP contribution in [0, 0.1) is 22.7 Å². The highest BCUT2D eigenvalue weighted by atomic mass is 32.1. The van der Waals surface area contributed by atoms with Gasteiger partial charge in [0.25, 0.3) is 0 Å². The highest BCUT2D eigenvalue weighted by Crippen LogP contribution is 2.42. The Hall–Kier alpha value is -9.01. The van der Waals surface area contributed by atoms with E-state index in [1.54, 1.807) is 0 Å². The van der Waals surface area contributed by atoms with Crippen molar-refractivity contribution in [2.24, 2.45) is 0 Å². The molecule has 0 radical (unpaired) electrons. The second kappa shape index (κ2) is 16.0. The quantitative estimate of drug-likeness (QED) is 0.159. The third-order valence-electron chi connectivity index (χ3n) is 12.3. The minimum Gasteiger partial charge on any atom is -0.308 e. The Bertz CT molecular complexity index is 3790. The molecule has 66 heavy (non-hydrogen) atoms. The summed E-state index contributed by atoms with van der Waals surface area (Å²) in [5.41, 5.74) is 12.8. The van der Waals surface area contributed by atoms with Crippen LogP contribution in [-0.4, -0.2) is 19.5 Å². The fourth-order valence-electron chi connectivity index (χ4n) is 9.10. The van der Waals surface area contributed by atoms with Gasteiger partial charge in [0.2, 0.25) is 0 Å². The molecule has 12 rings (SSSR count). The molecule has 0 aliphatic rings. The first-order chi connectivity index (χ1) is 32.6. The Morgan fingerprint density at radius 2 is 0.818 bits per heavy atom. The molecule has 0 saturated carbocycles. The van der Waals surface area contributed by atoms with Crippen LogP contribution in [0.15, 0.2) is 206 Å². The molecule has 12 aromatic rings. The number of aromatic nitrogens is 4. The van der Waals surface area contributed by atoms with E-state index in [0.29, 0.717) is 28.6 Å². The van der Waals surface area contributed by atoms with Gasteiger partial charge in [0.05, 0.1) is 40.0 Å². The van der Waals surface area contributed by atoms with Crippen LogP contribution in [0.1, 0.15) is 11.1 Å². The molecule has 0 saturated heterocycles. The molecule has 0 aliphatic carbocycles. The zero-order valence-electron chi connectivity index (χ0n) is 35.2. The SMILES string of the molecule is N#Cc1cccc(-c2ccc3c(c2)c2cc(-c4cccc(C#N)c4)ccc2n3-c2ccc(-c3ccc4c(c3)sc3ccccc34)cc2-c2nc(-c3ccccc3)nc(-c3ccccc3)n2)c1. The Morgan fingerprint density at radius 3 is 1.42 bits per heavy atom. The number of nitrogens with zero attached hydrogens (tertiary/aromatic N) is 6. The summed E-state index contributed by atoms with van der Waals surface area (Å²) in [6.45, 7) is 0. The van der Waals surface area contributed by atoms with Gasteiger partial charge in [0, 0.05) is 47.6 Å². The van der Waals surface area contributed by atoms with E-state index in [1.165, 1.54) is 20.2 Å². The van der Waals surface area contributed by atoms with Crippen molar-refractivity contribution in [1.29, 1.82) is 10.5 Å². The minimum absolute atomic E-state index is 0.548. The van der Waals surface area contributed by atoms with Gasteiger partial charge in [-0.05, 0) is 106 Å². The molecule has 0 fully saturated rings. The van der Waals surface area contributed by atoms with E-state index in [4.69, 9.17) is 15.0 Å². The molecule has 0 aliphatic heterocycles. The van der Waals surface area contributed by atoms with Crippen LogP contribution in [0.3, 0.4) is 0 Å². The smallest absolute Gasteiger partial charge is 0.166 e. The van der Waals surface area contributed by atoms with Gasteiger partial charge in [0.15, 0.2) is 17.5 Å². The van der Waals surface area contributed by atoms with Crippen LogP contribution in [-0.2, 0) is 0 Å². The number of fused-ring (bicyclic) bond motifs is 6. The van der Waals surface area contributed by atoms with Crippen molar-refractivity contribution in [3.05, 3.63) is 217 Å². The summed E-state index contributed by atoms with van der Waals surface area (Å²) >= 11 is 1.81. The lowest BCUT2D eigenvalue weighted by atomic mass is 9.99. The van der Waals surface area contributed by atoms with Gasteiger partial charge >= 0.3 is 0 Å². The van der Waals surface area contributed by atoms with Crippen molar-refractivity contribution in [3.8, 4) is 85.4 Å². The summed E-state index contributed by atoms with van der Waals surface area (Å²) in [5.74, 6) is 1.71. The van der Waals surface area contributed by atoms with Crippen LogP contribution in [0.4, 0.5) is 0 Å². The molecule has 9 aromatic carbocycles. The summed E-state index contributed by atoms with van der Waals surface area (Å²) in [4.78, 5) is 15.7. The first kappa shape index (κ1) is 38.6. The highest BCUT2D eigenvalue weighted by Gasteiger charge is 2.22. The Balaban J connectivity index is 1.14. The van der Waals surface area contributed by atoms with E-state index in [9.17, 15) is 10.5 Å². The van der Waals surface area contributed by atoms with E-state index in [1.807, 2.05) is 121 Å². The fourth-order valence-corrected chi connectivity index (χ4v) is 10.2. The number of nitriles is 2. The average Bonchev–Trinajstić information content (AvgIpc) is 3.93.